The fourth-order valence-electron chi connectivity index (χ4n) is 3.41. The largest absolute Gasteiger partial charge is 0.465 e. The van der Waals surface area contributed by atoms with Gasteiger partial charge in [-0.15, -0.1) is 5.10 Å². The Balaban J connectivity index is 1.79. The van der Waals surface area contributed by atoms with Gasteiger partial charge in [-0.1, -0.05) is 35.5 Å². The molecule has 0 spiro atoms. The van der Waals surface area contributed by atoms with E-state index in [9.17, 15) is 9.59 Å². The Bertz CT molecular complexity index is 1160. The summed E-state index contributed by atoms with van der Waals surface area (Å²) in [4.78, 5) is 39.9. The smallest absolute Gasteiger partial charge is 0.361 e. The first-order valence-corrected chi connectivity index (χ1v) is 11.3. The first-order valence-electron chi connectivity index (χ1n) is 11.3. The van der Waals surface area contributed by atoms with Crippen molar-refractivity contribution in [3.05, 3.63) is 36.0 Å². The van der Waals surface area contributed by atoms with E-state index in [0.717, 1.165) is 0 Å². The summed E-state index contributed by atoms with van der Waals surface area (Å²) < 4.78 is 16.9. The van der Waals surface area contributed by atoms with Gasteiger partial charge in [0.2, 0.25) is 11.9 Å². The molecule has 13 heteroatoms. The summed E-state index contributed by atoms with van der Waals surface area (Å²) in [5.74, 6) is -0.415. The van der Waals surface area contributed by atoms with Gasteiger partial charge in [0, 0.05) is 18.7 Å². The lowest BCUT2D eigenvalue weighted by atomic mass is 10.1. The SMILES string of the molecule is CCOC(=O)CNc1nc(N2CCOCC2)nc(-n2nnc(C(=O)OCC)c2-c2ccccc2)n1. The van der Waals surface area contributed by atoms with Crippen LogP contribution in [0, 0.1) is 0 Å². The number of hydrogen-bond donors (Lipinski definition) is 1. The number of carbonyl (C=O) groups is 2. The van der Waals surface area contributed by atoms with E-state index < -0.39 is 11.9 Å². The number of nitrogens with zero attached hydrogens (tertiary/aromatic N) is 7. The Morgan fingerprint density at radius 3 is 2.43 bits per heavy atom. The standard InChI is InChI=1S/C22H26N8O5/c1-3-34-16(31)14-23-20-24-21(29-10-12-33-13-11-29)26-22(25-20)30-18(15-8-6-5-7-9-15)17(27-28-30)19(32)35-4-2/h5-9H,3-4,10-14H2,1-2H3,(H,23,24,25,26). The van der Waals surface area contributed by atoms with Crippen LogP contribution in [0.1, 0.15) is 24.3 Å². The fourth-order valence-corrected chi connectivity index (χ4v) is 3.41. The highest BCUT2D eigenvalue weighted by molar-refractivity contribution is 5.94. The molecule has 13 nitrogen and oxygen atoms in total. The molecular weight excluding hydrogens is 456 g/mol. The molecule has 0 aliphatic carbocycles. The third-order valence-electron chi connectivity index (χ3n) is 4.98. The number of benzene rings is 1. The number of esters is 2. The van der Waals surface area contributed by atoms with Crippen LogP contribution in [0.5, 0.6) is 0 Å². The average Bonchev–Trinajstić information content (AvgIpc) is 3.34. The van der Waals surface area contributed by atoms with Gasteiger partial charge in [-0.3, -0.25) is 4.79 Å². The van der Waals surface area contributed by atoms with E-state index >= 15 is 0 Å². The summed E-state index contributed by atoms with van der Waals surface area (Å²) in [6.45, 7) is 5.98. The third-order valence-corrected chi connectivity index (χ3v) is 4.98. The molecule has 184 valence electrons. The molecule has 3 aromatic rings. The van der Waals surface area contributed by atoms with Crippen LogP contribution < -0.4 is 10.2 Å². The Labute approximate surface area is 201 Å². The molecule has 0 bridgehead atoms. The van der Waals surface area contributed by atoms with Crippen molar-refractivity contribution in [2.24, 2.45) is 0 Å². The van der Waals surface area contributed by atoms with Crippen LogP contribution in [0.4, 0.5) is 11.9 Å². The zero-order valence-electron chi connectivity index (χ0n) is 19.5. The molecule has 0 radical (unpaired) electrons. The maximum Gasteiger partial charge on any atom is 0.361 e. The van der Waals surface area contributed by atoms with Gasteiger partial charge < -0.3 is 24.4 Å². The second kappa shape index (κ2) is 11.3. The highest BCUT2D eigenvalue weighted by Gasteiger charge is 2.26. The lowest BCUT2D eigenvalue weighted by Crippen LogP contribution is -2.37. The summed E-state index contributed by atoms with van der Waals surface area (Å²) >= 11 is 0. The maximum absolute atomic E-state index is 12.6. The van der Waals surface area contributed by atoms with E-state index in [1.165, 1.54) is 4.68 Å². The molecule has 1 fully saturated rings. The fraction of sp³-hybridized carbons (Fsp3) is 0.409. The van der Waals surface area contributed by atoms with Gasteiger partial charge in [0.1, 0.15) is 12.2 Å². The van der Waals surface area contributed by atoms with Crippen molar-refractivity contribution < 1.29 is 23.8 Å². The lowest BCUT2D eigenvalue weighted by Gasteiger charge is -2.27. The van der Waals surface area contributed by atoms with Gasteiger partial charge in [0.05, 0.1) is 26.4 Å². The Morgan fingerprint density at radius 1 is 1.00 bits per heavy atom. The third kappa shape index (κ3) is 5.69. The van der Waals surface area contributed by atoms with Crippen molar-refractivity contribution in [1.82, 2.24) is 29.9 Å². The Morgan fingerprint density at radius 2 is 1.71 bits per heavy atom. The molecule has 2 aromatic heterocycles. The molecule has 1 aliphatic heterocycles. The minimum Gasteiger partial charge on any atom is -0.465 e. The molecule has 1 N–H and O–H groups in total. The minimum atomic E-state index is -0.610. The first-order chi connectivity index (χ1) is 17.1. The Kier molecular flexibility index (Phi) is 7.77. The van der Waals surface area contributed by atoms with E-state index in [4.69, 9.17) is 14.2 Å². The average molecular weight is 483 g/mol. The zero-order valence-corrected chi connectivity index (χ0v) is 19.5. The second-order valence-electron chi connectivity index (χ2n) is 7.30. The summed E-state index contributed by atoms with van der Waals surface area (Å²) in [6.07, 6.45) is 0. The molecule has 1 aromatic carbocycles. The second-order valence-corrected chi connectivity index (χ2v) is 7.30. The molecule has 35 heavy (non-hydrogen) atoms. The van der Waals surface area contributed by atoms with E-state index in [2.05, 4.69) is 30.6 Å². The van der Waals surface area contributed by atoms with Crippen LogP contribution in [0.15, 0.2) is 30.3 Å². The lowest BCUT2D eigenvalue weighted by molar-refractivity contribution is -0.140. The van der Waals surface area contributed by atoms with Crippen molar-refractivity contribution in [3.8, 4) is 17.2 Å². The predicted octanol–water partition coefficient (Wildman–Crippen LogP) is 1.11. The van der Waals surface area contributed by atoms with Gasteiger partial charge >= 0.3 is 11.9 Å². The molecule has 4 rings (SSSR count). The van der Waals surface area contributed by atoms with Gasteiger partial charge in [-0.25, -0.2) is 4.79 Å². The number of nitrogens with one attached hydrogen (secondary N) is 1. The number of morpholine rings is 1. The summed E-state index contributed by atoms with van der Waals surface area (Å²) in [6, 6.07) is 9.17. The van der Waals surface area contributed by atoms with Gasteiger partial charge in [0.25, 0.3) is 5.95 Å². The zero-order chi connectivity index (χ0) is 24.6. The molecule has 0 atom stereocenters. The number of anilines is 2. The van der Waals surface area contributed by atoms with Crippen LogP contribution in [-0.2, 0) is 19.0 Å². The van der Waals surface area contributed by atoms with E-state index in [0.29, 0.717) is 43.5 Å². The number of rotatable bonds is 9. The van der Waals surface area contributed by atoms with Crippen molar-refractivity contribution in [2.45, 2.75) is 13.8 Å². The predicted molar refractivity (Wildman–Crippen MR) is 124 cm³/mol. The molecule has 0 unspecified atom stereocenters. The van der Waals surface area contributed by atoms with Crippen molar-refractivity contribution in [3.63, 3.8) is 0 Å². The van der Waals surface area contributed by atoms with Crippen LogP contribution in [-0.4, -0.2) is 87.9 Å². The molecule has 0 amide bonds. The van der Waals surface area contributed by atoms with Crippen LogP contribution >= 0.6 is 0 Å². The van der Waals surface area contributed by atoms with Gasteiger partial charge in [-0.05, 0) is 13.8 Å². The highest BCUT2D eigenvalue weighted by atomic mass is 16.5. The monoisotopic (exact) mass is 482 g/mol. The highest BCUT2D eigenvalue weighted by Crippen LogP contribution is 2.26. The van der Waals surface area contributed by atoms with E-state index in [-0.39, 0.29) is 37.3 Å². The molecular formula is C22H26N8O5. The van der Waals surface area contributed by atoms with Crippen molar-refractivity contribution in [2.75, 3.05) is 56.3 Å². The molecule has 0 saturated carbocycles. The van der Waals surface area contributed by atoms with Gasteiger partial charge in [0.15, 0.2) is 5.69 Å². The summed E-state index contributed by atoms with van der Waals surface area (Å²) in [5, 5.41) is 11.1. The number of ether oxygens (including phenoxy) is 3. The van der Waals surface area contributed by atoms with E-state index in [1.807, 2.05) is 35.2 Å². The Hall–Kier alpha value is -4.13. The van der Waals surface area contributed by atoms with E-state index in [1.54, 1.807) is 13.8 Å². The quantitative estimate of drug-likeness (QED) is 0.436. The minimum absolute atomic E-state index is 0.0346. The number of aromatic nitrogens is 6. The normalized spacial score (nSPS) is 13.4. The van der Waals surface area contributed by atoms with Gasteiger partial charge in [-0.2, -0.15) is 19.6 Å². The molecule has 3 heterocycles. The number of carbonyl (C=O) groups excluding carboxylic acids is 2. The van der Waals surface area contributed by atoms with Crippen LogP contribution in [0.2, 0.25) is 0 Å². The molecule has 1 saturated heterocycles. The topological polar surface area (TPSA) is 146 Å². The molecule has 1 aliphatic rings. The van der Waals surface area contributed by atoms with Crippen molar-refractivity contribution >= 4 is 23.8 Å². The number of hydrogen-bond acceptors (Lipinski definition) is 12. The summed E-state index contributed by atoms with van der Waals surface area (Å²) in [5.41, 5.74) is 1.09. The van der Waals surface area contributed by atoms with Crippen LogP contribution in [0.25, 0.3) is 17.2 Å². The summed E-state index contributed by atoms with van der Waals surface area (Å²) in [7, 11) is 0. The van der Waals surface area contributed by atoms with Crippen molar-refractivity contribution in [1.29, 1.82) is 0 Å². The maximum atomic E-state index is 12.6. The first kappa shape index (κ1) is 24.0. The van der Waals surface area contributed by atoms with Crippen LogP contribution in [0.3, 0.4) is 0 Å².